The molecule has 0 spiro atoms. The van der Waals surface area contributed by atoms with Gasteiger partial charge < -0.3 is 10.0 Å². The van der Waals surface area contributed by atoms with E-state index in [1.54, 1.807) is 7.11 Å². The highest BCUT2D eigenvalue weighted by molar-refractivity contribution is 4.58. The van der Waals surface area contributed by atoms with E-state index >= 15 is 0 Å². The van der Waals surface area contributed by atoms with E-state index in [9.17, 15) is 0 Å². The van der Waals surface area contributed by atoms with E-state index in [1.807, 2.05) is 5.06 Å². The average Bonchev–Trinajstić information content (AvgIpc) is 1.90. The lowest BCUT2D eigenvalue weighted by molar-refractivity contribution is -0.201. The zero-order valence-electron chi connectivity index (χ0n) is 5.58. The summed E-state index contributed by atoms with van der Waals surface area (Å²) in [5, 5.41) is 12.0. The van der Waals surface area contributed by atoms with Crippen LogP contribution in [0.4, 0.5) is 0 Å². The molecule has 0 aromatic rings. The number of piperazine rings is 1. The molecule has 1 saturated heterocycles. The van der Waals surface area contributed by atoms with E-state index in [4.69, 9.17) is 10.0 Å². The highest BCUT2D eigenvalue weighted by Gasteiger charge is 2.13. The summed E-state index contributed by atoms with van der Waals surface area (Å²) in [6.07, 6.45) is 0. The third-order valence-electron chi connectivity index (χ3n) is 1.47. The average molecular weight is 132 g/mol. The molecule has 0 atom stereocenters. The van der Waals surface area contributed by atoms with E-state index in [0.717, 1.165) is 13.1 Å². The maximum Gasteiger partial charge on any atom is 0.0575 e. The predicted octanol–water partition coefficient (Wildman–Crippen LogP) is -0.445. The summed E-state index contributed by atoms with van der Waals surface area (Å²) < 4.78 is 0. The minimum atomic E-state index is 0.674. The summed E-state index contributed by atoms with van der Waals surface area (Å²) in [6.45, 7) is 2.92. The van der Waals surface area contributed by atoms with Crippen LogP contribution in [-0.2, 0) is 4.84 Å². The molecule has 4 heteroatoms. The molecule has 1 N–H and O–H groups in total. The summed E-state index contributed by atoms with van der Waals surface area (Å²) in [5.74, 6) is 0. The topological polar surface area (TPSA) is 35.9 Å². The zero-order valence-corrected chi connectivity index (χ0v) is 5.58. The van der Waals surface area contributed by atoms with Crippen LogP contribution in [-0.4, -0.2) is 48.6 Å². The first kappa shape index (κ1) is 6.95. The van der Waals surface area contributed by atoms with Gasteiger partial charge in [0.25, 0.3) is 0 Å². The minimum Gasteiger partial charge on any atom is -0.314 e. The standard InChI is InChI=1S/C5H12N2O2/c1-9-7-4-2-6(8)3-5-7/h8H,2-5H2,1H3. The Morgan fingerprint density at radius 1 is 1.22 bits per heavy atom. The van der Waals surface area contributed by atoms with Gasteiger partial charge in [0.1, 0.15) is 0 Å². The molecule has 1 rings (SSSR count). The summed E-state index contributed by atoms with van der Waals surface area (Å²) in [6, 6.07) is 0. The number of hydrogen-bond donors (Lipinski definition) is 1. The molecule has 0 bridgehead atoms. The SMILES string of the molecule is CON1CCN(O)CC1. The Labute approximate surface area is 54.5 Å². The largest absolute Gasteiger partial charge is 0.314 e. The molecule has 4 nitrogen and oxygen atoms in total. The van der Waals surface area contributed by atoms with E-state index in [-0.39, 0.29) is 0 Å². The first-order valence-electron chi connectivity index (χ1n) is 3.06. The Morgan fingerprint density at radius 3 is 2.22 bits per heavy atom. The molecule has 0 aromatic carbocycles. The van der Waals surface area contributed by atoms with Gasteiger partial charge in [0.15, 0.2) is 0 Å². The molecule has 9 heavy (non-hydrogen) atoms. The summed E-state index contributed by atoms with van der Waals surface area (Å²) in [5.41, 5.74) is 0. The van der Waals surface area contributed by atoms with Crippen LogP contribution >= 0.6 is 0 Å². The summed E-state index contributed by atoms with van der Waals surface area (Å²) in [7, 11) is 1.65. The molecule has 1 fully saturated rings. The maximum atomic E-state index is 8.87. The van der Waals surface area contributed by atoms with Gasteiger partial charge in [0.05, 0.1) is 7.11 Å². The molecular weight excluding hydrogens is 120 g/mol. The van der Waals surface area contributed by atoms with E-state index in [2.05, 4.69) is 0 Å². The van der Waals surface area contributed by atoms with Gasteiger partial charge in [-0.25, -0.2) is 0 Å². The third-order valence-corrected chi connectivity index (χ3v) is 1.47. The molecule has 0 amide bonds. The Balaban J connectivity index is 2.18. The van der Waals surface area contributed by atoms with Crippen LogP contribution in [0.1, 0.15) is 0 Å². The first-order chi connectivity index (χ1) is 4.33. The second-order valence-electron chi connectivity index (χ2n) is 2.07. The lowest BCUT2D eigenvalue weighted by atomic mass is 10.4. The smallest absolute Gasteiger partial charge is 0.0575 e. The van der Waals surface area contributed by atoms with Crippen molar-refractivity contribution in [2.45, 2.75) is 0 Å². The fourth-order valence-corrected chi connectivity index (χ4v) is 0.860. The second-order valence-corrected chi connectivity index (χ2v) is 2.07. The Hall–Kier alpha value is -0.160. The van der Waals surface area contributed by atoms with Crippen molar-refractivity contribution in [2.24, 2.45) is 0 Å². The van der Waals surface area contributed by atoms with Gasteiger partial charge in [-0.05, 0) is 0 Å². The maximum absolute atomic E-state index is 8.87. The monoisotopic (exact) mass is 132 g/mol. The van der Waals surface area contributed by atoms with Crippen LogP contribution < -0.4 is 0 Å². The van der Waals surface area contributed by atoms with Crippen molar-refractivity contribution < 1.29 is 10.0 Å². The highest BCUT2D eigenvalue weighted by Crippen LogP contribution is 1.96. The first-order valence-corrected chi connectivity index (χ1v) is 3.06. The van der Waals surface area contributed by atoms with Crippen LogP contribution in [0.15, 0.2) is 0 Å². The molecule has 0 aliphatic carbocycles. The van der Waals surface area contributed by atoms with Gasteiger partial charge >= 0.3 is 0 Å². The fourth-order valence-electron chi connectivity index (χ4n) is 0.860. The molecular formula is C5H12N2O2. The van der Waals surface area contributed by atoms with Gasteiger partial charge in [-0.1, -0.05) is 0 Å². The van der Waals surface area contributed by atoms with Crippen LogP contribution in [0, 0.1) is 0 Å². The van der Waals surface area contributed by atoms with Gasteiger partial charge in [-0.15, -0.1) is 0 Å². The molecule has 1 heterocycles. The zero-order chi connectivity index (χ0) is 6.69. The van der Waals surface area contributed by atoms with Gasteiger partial charge in [0, 0.05) is 26.2 Å². The van der Waals surface area contributed by atoms with E-state index in [0.29, 0.717) is 13.1 Å². The normalized spacial score (nSPS) is 24.7. The van der Waals surface area contributed by atoms with E-state index < -0.39 is 0 Å². The van der Waals surface area contributed by atoms with Crippen LogP contribution in [0.2, 0.25) is 0 Å². The van der Waals surface area contributed by atoms with Crippen molar-refractivity contribution in [1.82, 2.24) is 10.1 Å². The van der Waals surface area contributed by atoms with E-state index in [1.165, 1.54) is 5.06 Å². The third kappa shape index (κ3) is 1.91. The van der Waals surface area contributed by atoms with Crippen LogP contribution in [0.5, 0.6) is 0 Å². The van der Waals surface area contributed by atoms with Gasteiger partial charge in [-0.2, -0.15) is 10.1 Å². The Kier molecular flexibility index (Phi) is 2.41. The molecule has 1 aliphatic heterocycles. The van der Waals surface area contributed by atoms with Crippen molar-refractivity contribution in [2.75, 3.05) is 33.3 Å². The number of hydroxylamine groups is 4. The molecule has 54 valence electrons. The minimum absolute atomic E-state index is 0.674. The second kappa shape index (κ2) is 3.12. The number of rotatable bonds is 1. The highest BCUT2D eigenvalue weighted by atomic mass is 16.7. The molecule has 1 aliphatic rings. The number of nitrogens with zero attached hydrogens (tertiary/aromatic N) is 2. The predicted molar refractivity (Wildman–Crippen MR) is 31.9 cm³/mol. The Bertz CT molecular complexity index is 81.0. The quantitative estimate of drug-likeness (QED) is 0.524. The lowest BCUT2D eigenvalue weighted by Gasteiger charge is -2.28. The molecule has 0 aromatic heterocycles. The summed E-state index contributed by atoms with van der Waals surface area (Å²) in [4.78, 5) is 4.94. The van der Waals surface area contributed by atoms with Crippen molar-refractivity contribution in [1.29, 1.82) is 0 Å². The molecule has 0 radical (unpaired) electrons. The molecule has 0 saturated carbocycles. The Morgan fingerprint density at radius 2 is 1.78 bits per heavy atom. The van der Waals surface area contributed by atoms with Crippen LogP contribution in [0.25, 0.3) is 0 Å². The van der Waals surface area contributed by atoms with Crippen molar-refractivity contribution in [3.63, 3.8) is 0 Å². The van der Waals surface area contributed by atoms with Gasteiger partial charge in [0.2, 0.25) is 0 Å². The van der Waals surface area contributed by atoms with Crippen molar-refractivity contribution in [3.05, 3.63) is 0 Å². The van der Waals surface area contributed by atoms with Crippen molar-refractivity contribution >= 4 is 0 Å². The van der Waals surface area contributed by atoms with Crippen molar-refractivity contribution in [3.8, 4) is 0 Å². The summed E-state index contributed by atoms with van der Waals surface area (Å²) >= 11 is 0. The number of hydrogen-bond acceptors (Lipinski definition) is 4. The fraction of sp³-hybridized carbons (Fsp3) is 1.00. The van der Waals surface area contributed by atoms with Gasteiger partial charge in [-0.3, -0.25) is 0 Å². The van der Waals surface area contributed by atoms with Crippen LogP contribution in [0.3, 0.4) is 0 Å². The molecule has 0 unspecified atom stereocenters. The lowest BCUT2D eigenvalue weighted by Crippen LogP contribution is -2.43.